The molecule has 3 rings (SSSR count). The van der Waals surface area contributed by atoms with Crippen LogP contribution in [-0.4, -0.2) is 4.57 Å². The molecule has 0 aliphatic carbocycles. The van der Waals surface area contributed by atoms with Gasteiger partial charge in [-0.1, -0.05) is 36.4 Å². The van der Waals surface area contributed by atoms with Crippen LogP contribution in [0.5, 0.6) is 5.75 Å². The highest BCUT2D eigenvalue weighted by Gasteiger charge is 2.07. The molecule has 0 saturated carbocycles. The minimum absolute atomic E-state index is 0.604. The second-order valence-corrected chi connectivity index (χ2v) is 4.54. The maximum absolute atomic E-state index is 5.84. The predicted octanol–water partition coefficient (Wildman–Crippen LogP) is 4.24. The Bertz CT molecular complexity index is 670. The van der Waals surface area contributed by atoms with E-state index in [0.29, 0.717) is 6.61 Å². The van der Waals surface area contributed by atoms with Gasteiger partial charge in [-0.05, 0) is 36.6 Å². The summed E-state index contributed by atoms with van der Waals surface area (Å²) in [5.41, 5.74) is 2.49. The number of nitrogens with zero attached hydrogens (tertiary/aromatic N) is 1. The van der Waals surface area contributed by atoms with Crippen molar-refractivity contribution in [1.29, 1.82) is 0 Å². The van der Waals surface area contributed by atoms with Gasteiger partial charge in [-0.15, -0.1) is 0 Å². The van der Waals surface area contributed by atoms with Gasteiger partial charge in [0.1, 0.15) is 12.4 Å². The maximum atomic E-state index is 5.84. The van der Waals surface area contributed by atoms with E-state index in [1.807, 2.05) is 30.3 Å². The minimum atomic E-state index is 0.604. The van der Waals surface area contributed by atoms with Crippen molar-refractivity contribution < 1.29 is 4.74 Å². The van der Waals surface area contributed by atoms with E-state index in [1.165, 1.54) is 16.6 Å². The summed E-state index contributed by atoms with van der Waals surface area (Å²) in [5.74, 6) is 0.912. The first kappa shape index (κ1) is 11.8. The first-order valence-electron chi connectivity index (χ1n) is 6.63. The Morgan fingerprint density at radius 2 is 1.68 bits per heavy atom. The quantitative estimate of drug-likeness (QED) is 0.676. The molecular weight excluding hydrogens is 234 g/mol. The van der Waals surface area contributed by atoms with Crippen molar-refractivity contribution in [2.45, 2.75) is 20.1 Å². The fraction of sp³-hybridized carbons (Fsp3) is 0.176. The first-order chi connectivity index (χ1) is 9.38. The van der Waals surface area contributed by atoms with E-state index in [2.05, 4.69) is 41.8 Å². The van der Waals surface area contributed by atoms with Crippen LogP contribution in [0.2, 0.25) is 0 Å². The van der Waals surface area contributed by atoms with Crippen molar-refractivity contribution in [2.75, 3.05) is 0 Å². The molecule has 1 aromatic heterocycles. The highest BCUT2D eigenvalue weighted by Crippen LogP contribution is 2.21. The van der Waals surface area contributed by atoms with Crippen molar-refractivity contribution in [3.8, 4) is 5.75 Å². The molecule has 0 unspecified atom stereocenters. The normalized spacial score (nSPS) is 10.8. The highest BCUT2D eigenvalue weighted by atomic mass is 16.5. The largest absolute Gasteiger partial charge is 0.487 e. The summed E-state index contributed by atoms with van der Waals surface area (Å²) in [6, 6.07) is 20.6. The van der Waals surface area contributed by atoms with E-state index in [4.69, 9.17) is 4.74 Å². The summed E-state index contributed by atoms with van der Waals surface area (Å²) in [6.07, 6.45) is 0. The Balaban J connectivity index is 1.88. The molecule has 2 heteroatoms. The van der Waals surface area contributed by atoms with Crippen LogP contribution in [-0.2, 0) is 13.2 Å². The van der Waals surface area contributed by atoms with E-state index in [-0.39, 0.29) is 0 Å². The van der Waals surface area contributed by atoms with E-state index in [9.17, 15) is 0 Å². The first-order valence-corrected chi connectivity index (χ1v) is 6.63. The van der Waals surface area contributed by atoms with Crippen LogP contribution >= 0.6 is 0 Å². The third-order valence-corrected chi connectivity index (χ3v) is 3.34. The summed E-state index contributed by atoms with van der Waals surface area (Å²) in [5, 5.41) is 1.27. The van der Waals surface area contributed by atoms with Gasteiger partial charge < -0.3 is 9.30 Å². The zero-order valence-electron chi connectivity index (χ0n) is 11.0. The van der Waals surface area contributed by atoms with Gasteiger partial charge >= 0.3 is 0 Å². The van der Waals surface area contributed by atoms with E-state index in [1.54, 1.807) is 0 Å². The second kappa shape index (κ2) is 5.19. The zero-order valence-corrected chi connectivity index (χ0v) is 11.0. The molecule has 0 amide bonds. The number of ether oxygens (including phenoxy) is 1. The lowest BCUT2D eigenvalue weighted by Gasteiger charge is -2.09. The Morgan fingerprint density at radius 1 is 0.947 bits per heavy atom. The van der Waals surface area contributed by atoms with Gasteiger partial charge in [0.25, 0.3) is 0 Å². The average Bonchev–Trinajstić information content (AvgIpc) is 2.83. The van der Waals surface area contributed by atoms with Gasteiger partial charge in [0.15, 0.2) is 0 Å². The number of aryl methyl sites for hydroxylation is 1. The molecule has 2 nitrogen and oxygen atoms in total. The van der Waals surface area contributed by atoms with Crippen LogP contribution in [0.1, 0.15) is 12.6 Å². The van der Waals surface area contributed by atoms with Crippen molar-refractivity contribution in [1.82, 2.24) is 4.57 Å². The molecule has 0 saturated heterocycles. The molecule has 0 fully saturated rings. The average molecular weight is 251 g/mol. The Morgan fingerprint density at radius 3 is 2.47 bits per heavy atom. The van der Waals surface area contributed by atoms with Crippen molar-refractivity contribution in [2.24, 2.45) is 0 Å². The molecule has 0 bridgehead atoms. The molecule has 19 heavy (non-hydrogen) atoms. The number of para-hydroxylation sites is 2. The van der Waals surface area contributed by atoms with Crippen molar-refractivity contribution >= 4 is 10.9 Å². The van der Waals surface area contributed by atoms with Crippen molar-refractivity contribution in [3.05, 3.63) is 66.4 Å². The fourth-order valence-corrected chi connectivity index (χ4v) is 2.43. The van der Waals surface area contributed by atoms with Crippen LogP contribution < -0.4 is 4.74 Å². The molecule has 3 aromatic rings. The number of fused-ring (bicyclic) bond motifs is 1. The minimum Gasteiger partial charge on any atom is -0.487 e. The molecule has 0 atom stereocenters. The second-order valence-electron chi connectivity index (χ2n) is 4.54. The Labute approximate surface area is 113 Å². The topological polar surface area (TPSA) is 14.2 Å². The summed E-state index contributed by atoms with van der Waals surface area (Å²) in [7, 11) is 0. The molecule has 0 aliphatic rings. The van der Waals surface area contributed by atoms with Crippen LogP contribution in [0.4, 0.5) is 0 Å². The maximum Gasteiger partial charge on any atom is 0.128 e. The summed E-state index contributed by atoms with van der Waals surface area (Å²) in [4.78, 5) is 0. The third-order valence-electron chi connectivity index (χ3n) is 3.34. The Kier molecular flexibility index (Phi) is 3.23. The van der Waals surface area contributed by atoms with Gasteiger partial charge in [0.05, 0.1) is 5.69 Å². The number of benzene rings is 2. The molecule has 0 spiro atoms. The van der Waals surface area contributed by atoms with Crippen LogP contribution in [0.3, 0.4) is 0 Å². The van der Waals surface area contributed by atoms with Gasteiger partial charge in [0, 0.05) is 12.1 Å². The highest BCUT2D eigenvalue weighted by molar-refractivity contribution is 5.81. The van der Waals surface area contributed by atoms with Gasteiger partial charge in [-0.2, -0.15) is 0 Å². The van der Waals surface area contributed by atoms with Gasteiger partial charge in [-0.25, -0.2) is 0 Å². The van der Waals surface area contributed by atoms with Crippen LogP contribution in [0.25, 0.3) is 10.9 Å². The summed E-state index contributed by atoms with van der Waals surface area (Å²) < 4.78 is 8.15. The van der Waals surface area contributed by atoms with Crippen LogP contribution in [0.15, 0.2) is 60.7 Å². The standard InChI is InChI=1S/C17H17NO/c1-2-18-15(12-14-8-6-7-11-17(14)18)13-19-16-9-4-3-5-10-16/h3-12H,2,13H2,1H3. The summed E-state index contributed by atoms with van der Waals surface area (Å²) >= 11 is 0. The monoisotopic (exact) mass is 251 g/mol. The van der Waals surface area contributed by atoms with E-state index in [0.717, 1.165) is 12.3 Å². The van der Waals surface area contributed by atoms with Gasteiger partial charge in [0.2, 0.25) is 0 Å². The van der Waals surface area contributed by atoms with Crippen LogP contribution in [0, 0.1) is 0 Å². The SMILES string of the molecule is CCn1c(COc2ccccc2)cc2ccccc21. The van der Waals surface area contributed by atoms with Crippen molar-refractivity contribution in [3.63, 3.8) is 0 Å². The molecule has 96 valence electrons. The Hall–Kier alpha value is -2.22. The molecule has 0 aliphatic heterocycles. The smallest absolute Gasteiger partial charge is 0.128 e. The molecular formula is C17H17NO. The molecule has 0 N–H and O–H groups in total. The van der Waals surface area contributed by atoms with E-state index < -0.39 is 0 Å². The number of hydrogen-bond donors (Lipinski definition) is 0. The lowest BCUT2D eigenvalue weighted by Crippen LogP contribution is -2.04. The van der Waals surface area contributed by atoms with E-state index >= 15 is 0 Å². The molecule has 0 radical (unpaired) electrons. The number of aromatic nitrogens is 1. The van der Waals surface area contributed by atoms with Gasteiger partial charge in [-0.3, -0.25) is 0 Å². The zero-order chi connectivity index (χ0) is 13.1. The fourth-order valence-electron chi connectivity index (χ4n) is 2.43. The predicted molar refractivity (Wildman–Crippen MR) is 78.4 cm³/mol. The lowest BCUT2D eigenvalue weighted by atomic mass is 10.2. The number of rotatable bonds is 4. The third kappa shape index (κ3) is 2.34. The summed E-state index contributed by atoms with van der Waals surface area (Å²) in [6.45, 7) is 3.73. The molecule has 2 aromatic carbocycles. The molecule has 1 heterocycles. The lowest BCUT2D eigenvalue weighted by molar-refractivity contribution is 0.296. The number of hydrogen-bond acceptors (Lipinski definition) is 1.